The van der Waals surface area contributed by atoms with Crippen molar-refractivity contribution in [1.82, 2.24) is 52.5 Å². The molecule has 26 nitrogen and oxygen atoms in total. The lowest BCUT2D eigenvalue weighted by molar-refractivity contribution is -0.148. The van der Waals surface area contributed by atoms with E-state index < -0.39 is 124 Å². The summed E-state index contributed by atoms with van der Waals surface area (Å²) in [5.41, 5.74) is 6.06. The van der Waals surface area contributed by atoms with Gasteiger partial charge in [-0.2, -0.15) is 0 Å². The van der Waals surface area contributed by atoms with Crippen molar-refractivity contribution in [2.75, 3.05) is 44.1 Å². The summed E-state index contributed by atoms with van der Waals surface area (Å²) in [6, 6.07) is 48.5. The number of nitrogens with one attached hydrogen (secondary N) is 8. The molecule has 10 N–H and O–H groups in total. The van der Waals surface area contributed by atoms with Crippen molar-refractivity contribution in [2.24, 2.45) is 0 Å². The number of aliphatic carboxylic acids is 1. The molecular formula is C84H92N10O16S3. The number of hydrogen-bond acceptors (Lipinski definition) is 20. The maximum atomic E-state index is 14.7. The second-order valence-electron chi connectivity index (χ2n) is 27.5. The molecule has 0 unspecified atom stereocenters. The Hall–Kier alpha value is -11.1. The summed E-state index contributed by atoms with van der Waals surface area (Å²) < 4.78 is 15.2. The number of carbonyl (C=O) groups is 11. The zero-order valence-corrected chi connectivity index (χ0v) is 64.9. The number of benzene rings is 5. The summed E-state index contributed by atoms with van der Waals surface area (Å²) in [7, 11) is 4.19. The maximum absolute atomic E-state index is 14.7. The van der Waals surface area contributed by atoms with E-state index in [-0.39, 0.29) is 56.3 Å². The van der Waals surface area contributed by atoms with Crippen LogP contribution < -0.4 is 42.5 Å². The highest BCUT2D eigenvalue weighted by Gasteiger charge is 2.54. The average Bonchev–Trinajstić information content (AvgIpc) is 1.75. The molecule has 2 saturated carbocycles. The van der Waals surface area contributed by atoms with E-state index in [9.17, 15) is 52.7 Å². The fraction of sp³-hybridized carbons (Fsp3) is 0.345. The molecule has 3 fully saturated rings. The lowest BCUT2D eigenvalue weighted by atomic mass is 9.84. The zero-order valence-electron chi connectivity index (χ0n) is 62.5. The molecule has 2 aliphatic heterocycles. The Kier molecular flexibility index (Phi) is 30.9. The molecule has 0 radical (unpaired) electrons. The number of nitrogens with zero attached hydrogens (tertiary/aromatic N) is 2. The molecule has 29 heteroatoms. The van der Waals surface area contributed by atoms with Crippen molar-refractivity contribution in [3.63, 3.8) is 0 Å². The number of carboxylic acids is 1. The number of amides is 8. The summed E-state index contributed by atoms with van der Waals surface area (Å²) in [5.74, 6) is -5.33. The highest BCUT2D eigenvalue weighted by atomic mass is 33.1. The van der Waals surface area contributed by atoms with Crippen LogP contribution in [0.4, 0.5) is 4.79 Å². The third kappa shape index (κ3) is 24.0. The summed E-state index contributed by atoms with van der Waals surface area (Å²) in [4.78, 5) is 152. The lowest BCUT2D eigenvalue weighted by Crippen LogP contribution is -2.59. The first-order valence-electron chi connectivity index (χ1n) is 37.3. The van der Waals surface area contributed by atoms with Crippen LogP contribution in [0.2, 0.25) is 0 Å². The van der Waals surface area contributed by atoms with E-state index in [2.05, 4.69) is 64.6 Å². The van der Waals surface area contributed by atoms with Gasteiger partial charge in [-0.1, -0.05) is 205 Å². The van der Waals surface area contributed by atoms with Crippen LogP contribution in [0.5, 0.6) is 0 Å². The number of esters is 2. The number of alkyl carbamates (subject to hydrolysis) is 1. The topological polar surface area (TPSA) is 378 Å². The first kappa shape index (κ1) is 84.3. The molecule has 113 heavy (non-hydrogen) atoms. The van der Waals surface area contributed by atoms with Crippen molar-refractivity contribution >= 4 is 98.7 Å². The number of rotatable bonds is 25. The van der Waals surface area contributed by atoms with Crippen molar-refractivity contribution in [3.8, 4) is 11.1 Å². The van der Waals surface area contributed by atoms with Gasteiger partial charge in [-0.15, -0.1) is 11.8 Å². The van der Waals surface area contributed by atoms with Crippen molar-refractivity contribution in [2.45, 2.75) is 136 Å². The summed E-state index contributed by atoms with van der Waals surface area (Å²) in [5, 5.41) is 39.3. The number of aliphatic hydroxyl groups excluding tert-OH is 1. The number of fused-ring (bicyclic) bond motifs is 10. The number of carboxylic acid groups (broad SMARTS) is 1. The highest BCUT2D eigenvalue weighted by Crippen LogP contribution is 2.49. The lowest BCUT2D eigenvalue weighted by Gasteiger charge is -2.37. The molecule has 3 aliphatic carbocycles. The zero-order chi connectivity index (χ0) is 80.2. The Morgan fingerprint density at radius 2 is 1.34 bits per heavy atom. The predicted molar refractivity (Wildman–Crippen MR) is 429 cm³/mol. The Balaban J connectivity index is 0.000000236. The van der Waals surface area contributed by atoms with Gasteiger partial charge in [0.25, 0.3) is 0 Å². The predicted octanol–water partition coefficient (Wildman–Crippen LogP) is 7.87. The van der Waals surface area contributed by atoms with Gasteiger partial charge in [0.05, 0.1) is 30.8 Å². The van der Waals surface area contributed by atoms with Gasteiger partial charge in [0.2, 0.25) is 41.4 Å². The van der Waals surface area contributed by atoms with Crippen molar-refractivity contribution < 1.29 is 77.2 Å². The number of pyridine rings is 2. The monoisotopic (exact) mass is 1590 g/mol. The first-order valence-corrected chi connectivity index (χ1v) is 40.7. The molecule has 592 valence electrons. The molecule has 1 saturated heterocycles. The second kappa shape index (κ2) is 41.4. The number of aromatic nitrogens is 2. The number of unbranched alkanes of at least 4 members (excludes halogenated alkanes) is 1. The van der Waals surface area contributed by atoms with Gasteiger partial charge in [-0.25, -0.2) is 4.79 Å². The van der Waals surface area contributed by atoms with Crippen molar-refractivity contribution in [1.29, 1.82) is 0 Å². The summed E-state index contributed by atoms with van der Waals surface area (Å²) >= 11 is 1.46. The quantitative estimate of drug-likeness (QED) is 0.00855. The number of ether oxygens (including phenoxy) is 3. The number of aliphatic hydroxyl groups is 1. The van der Waals surface area contributed by atoms with E-state index in [1.807, 2.05) is 140 Å². The van der Waals surface area contributed by atoms with Crippen LogP contribution in [-0.4, -0.2) is 177 Å². The van der Waals surface area contributed by atoms with Gasteiger partial charge < -0.3 is 67.0 Å². The number of methoxy groups -OCH3 is 1. The third-order valence-electron chi connectivity index (χ3n) is 19.2. The van der Waals surface area contributed by atoms with E-state index >= 15 is 0 Å². The van der Waals surface area contributed by atoms with Crippen LogP contribution in [-0.2, 0) is 79.7 Å². The van der Waals surface area contributed by atoms with Gasteiger partial charge in [-0.05, 0) is 107 Å². The molecule has 7 aromatic rings. The average molecular weight is 1590 g/mol. The molecule has 12 rings (SSSR count). The number of allylic oxidation sites excluding steroid dienone is 2. The smallest absolute Gasteiger partial charge is 0.407 e. The minimum absolute atomic E-state index is 0.0284. The number of thioether (sulfide) groups is 1. The van der Waals surface area contributed by atoms with E-state index in [4.69, 9.17) is 24.4 Å². The highest BCUT2D eigenvalue weighted by molar-refractivity contribution is 8.76. The number of carbonyl (C=O) groups excluding carboxylic acids is 10. The molecular weight excluding hydrogens is 1500 g/mol. The molecule has 2 bridgehead atoms. The first-order chi connectivity index (χ1) is 54.7. The summed E-state index contributed by atoms with van der Waals surface area (Å²) in [6.07, 6.45) is 14.5. The minimum Gasteiger partial charge on any atom is -0.481 e. The fourth-order valence-electron chi connectivity index (χ4n) is 13.0. The minimum atomic E-state index is -1.29. The van der Waals surface area contributed by atoms with Crippen LogP contribution >= 0.6 is 33.3 Å². The normalized spacial score (nSPS) is 18.5. The van der Waals surface area contributed by atoms with E-state index in [0.717, 1.165) is 57.3 Å². The third-order valence-corrected chi connectivity index (χ3v) is 23.3. The van der Waals surface area contributed by atoms with Gasteiger partial charge >= 0.3 is 24.0 Å². The SMILES string of the molecule is CCC/C=C/[C@@H](O)CC(=O)O.COC(=O)CNC(=O)C1(NC(=O)[C@@H](CSC(c2ccccc2)(c2ccccc2)c2ccccc2)NC(=O)[C@@H](Cc2cccnc2)NC(=O)OCC2c3ccccc3-c3ccccc32)CC1.O=C1C[C@H]2C=CCCSSC[C@@H](NC(=O)[C@@H](Cc3cccnc3)N1)C(=O)NC1(CC1)C(=O)NCC(=O)O2. The van der Waals surface area contributed by atoms with Gasteiger partial charge in [0.1, 0.15) is 61.0 Å². The van der Waals surface area contributed by atoms with Crippen molar-refractivity contribution in [3.05, 3.63) is 252 Å². The molecule has 6 atom stereocenters. The molecule has 2 aromatic heterocycles. The maximum Gasteiger partial charge on any atom is 0.407 e. The molecule has 4 heterocycles. The van der Waals surface area contributed by atoms with Crippen LogP contribution in [0.1, 0.15) is 110 Å². The number of hydrogen-bond donors (Lipinski definition) is 10. The van der Waals surface area contributed by atoms with Crippen LogP contribution in [0.25, 0.3) is 11.1 Å². The molecule has 5 aromatic carbocycles. The standard InChI is InChI=1S/C52H49N5O7S.C24H29N5O6S2.C8H14O3/c1-63-46(58)32-54-49(61)51(27-28-51)57-48(60)45(34-65-52(36-17-5-2-6-18-36,37-19-7-3-8-20-37)38-21-9-4-10-22-38)55-47(59)44(30-35-16-15-29-53-31-35)56-50(62)64-33-43-41-25-13-11-23-39(41)40-24-12-14-26-42(40)43;30-19-11-16-5-1-2-9-36-37-14-18(28-21(32)17(27-19)10-15-4-3-8-25-12-15)22(33)29-24(6-7-24)23(34)26-13-20(31)35-16;1-2-3-4-5-7(9)6-8(10)11/h2-26,29,31,43-45H,27-28,30,32-34H2,1H3,(H,54,61)(H,55,59)(H,56,62)(H,57,60);1,3-5,8,12,16-18H,2,6-7,9-11,13-14H2,(H,26,34)(H,27,30)(H,28,32)(H,29,33);4-5,7,9H,2-3,6H2,1H3,(H,10,11)/b;;5-4+/t44-,45-;16-,17-,18-;7-/m111/s1. The largest absolute Gasteiger partial charge is 0.481 e. The molecule has 8 amide bonds. The Bertz CT molecular complexity index is 4360. The van der Waals surface area contributed by atoms with E-state index in [1.54, 1.807) is 61.2 Å². The van der Waals surface area contributed by atoms with E-state index in [1.165, 1.54) is 46.5 Å². The van der Waals surface area contributed by atoms with Crippen LogP contribution in [0.3, 0.4) is 0 Å². The summed E-state index contributed by atoms with van der Waals surface area (Å²) in [6.45, 7) is 1.30. The van der Waals surface area contributed by atoms with Gasteiger partial charge in [-0.3, -0.25) is 57.9 Å². The van der Waals surface area contributed by atoms with Crippen LogP contribution in [0, 0.1) is 0 Å². The van der Waals surface area contributed by atoms with Gasteiger partial charge in [0.15, 0.2) is 0 Å². The van der Waals surface area contributed by atoms with E-state index in [0.29, 0.717) is 43.4 Å². The van der Waals surface area contributed by atoms with Gasteiger partial charge in [0, 0.05) is 60.8 Å². The Morgan fingerprint density at radius 3 is 1.91 bits per heavy atom. The fourth-order valence-corrected chi connectivity index (χ4v) is 16.7. The Labute approximate surface area is 667 Å². The molecule has 1 spiro atoms. The second-order valence-corrected chi connectivity index (χ2v) is 31.4. The molecule has 5 aliphatic rings. The van der Waals surface area contributed by atoms with Crippen LogP contribution in [0.15, 0.2) is 213 Å². The Morgan fingerprint density at radius 1 is 0.726 bits per heavy atom.